The number of hydrogen-bond acceptors (Lipinski definition) is 2. The third-order valence-electron chi connectivity index (χ3n) is 4.43. The molecule has 0 amide bonds. The molecule has 1 heterocycles. The second-order valence-corrected chi connectivity index (χ2v) is 5.74. The van der Waals surface area contributed by atoms with Crippen LogP contribution in [0.5, 0.6) is 0 Å². The fourth-order valence-corrected chi connectivity index (χ4v) is 3.14. The van der Waals surface area contributed by atoms with Crippen molar-refractivity contribution in [2.24, 2.45) is 0 Å². The van der Waals surface area contributed by atoms with Crippen LogP contribution in [-0.4, -0.2) is 19.6 Å². The van der Waals surface area contributed by atoms with Gasteiger partial charge in [-0.25, -0.2) is 0 Å². The van der Waals surface area contributed by atoms with Gasteiger partial charge >= 0.3 is 0 Å². The van der Waals surface area contributed by atoms with E-state index in [4.69, 9.17) is 0 Å². The van der Waals surface area contributed by atoms with Crippen molar-refractivity contribution in [1.82, 2.24) is 10.6 Å². The molecule has 2 N–H and O–H groups in total. The summed E-state index contributed by atoms with van der Waals surface area (Å²) in [5, 5.41) is 7.21. The zero-order chi connectivity index (χ0) is 16.3. The maximum absolute atomic E-state index is 3.71. The Bertz CT molecular complexity index is 417. The van der Waals surface area contributed by atoms with E-state index in [1.807, 2.05) is 13.8 Å². The molecule has 1 aliphatic rings. The molecule has 1 aromatic rings. The van der Waals surface area contributed by atoms with Gasteiger partial charge in [-0.3, -0.25) is 0 Å². The van der Waals surface area contributed by atoms with Gasteiger partial charge in [0, 0.05) is 17.7 Å². The lowest BCUT2D eigenvalue weighted by molar-refractivity contribution is 0.300. The van der Waals surface area contributed by atoms with Crippen LogP contribution in [0.2, 0.25) is 0 Å². The van der Waals surface area contributed by atoms with E-state index in [1.165, 1.54) is 24.1 Å². The third-order valence-corrected chi connectivity index (χ3v) is 4.43. The van der Waals surface area contributed by atoms with Crippen molar-refractivity contribution in [3.63, 3.8) is 0 Å². The molecule has 0 atom stereocenters. The van der Waals surface area contributed by atoms with E-state index in [9.17, 15) is 0 Å². The van der Waals surface area contributed by atoms with Gasteiger partial charge in [0.25, 0.3) is 0 Å². The summed E-state index contributed by atoms with van der Waals surface area (Å²) in [6.45, 7) is 11.7. The molecule has 124 valence electrons. The van der Waals surface area contributed by atoms with Crippen LogP contribution in [0, 0.1) is 0 Å². The maximum Gasteiger partial charge on any atom is 0.0242 e. The van der Waals surface area contributed by atoms with E-state index >= 15 is 0 Å². The number of allylic oxidation sites excluding steroid dienone is 2. The summed E-state index contributed by atoms with van der Waals surface area (Å²) in [7, 11) is 0. The minimum absolute atomic E-state index is 0.286. The molecule has 0 spiro atoms. The highest BCUT2D eigenvalue weighted by Crippen LogP contribution is 2.33. The van der Waals surface area contributed by atoms with Gasteiger partial charge < -0.3 is 10.6 Å². The molecule has 0 aliphatic carbocycles. The van der Waals surface area contributed by atoms with E-state index in [1.54, 1.807) is 0 Å². The summed E-state index contributed by atoms with van der Waals surface area (Å²) in [5.41, 5.74) is 3.16. The smallest absolute Gasteiger partial charge is 0.0242 e. The normalized spacial score (nSPS) is 17.4. The second-order valence-electron chi connectivity index (χ2n) is 5.74. The first-order valence-electron chi connectivity index (χ1n) is 9.00. The Hall–Kier alpha value is -1.28. The van der Waals surface area contributed by atoms with Crippen LogP contribution in [0.15, 0.2) is 42.1 Å². The lowest BCUT2D eigenvalue weighted by Crippen LogP contribution is -2.46. The minimum atomic E-state index is 0.286. The topological polar surface area (TPSA) is 24.1 Å². The molecule has 2 rings (SSSR count). The minimum Gasteiger partial charge on any atom is -0.388 e. The first kappa shape index (κ1) is 18.8. The monoisotopic (exact) mass is 302 g/mol. The molecular formula is C20H34N2. The quantitative estimate of drug-likeness (QED) is 0.800. The Morgan fingerprint density at radius 2 is 1.77 bits per heavy atom. The zero-order valence-electron chi connectivity index (χ0n) is 14.9. The van der Waals surface area contributed by atoms with Crippen molar-refractivity contribution < 1.29 is 0 Å². The molecule has 1 fully saturated rings. The average Bonchev–Trinajstić information content (AvgIpc) is 2.62. The molecule has 0 saturated carbocycles. The SMILES string of the molecule is CC.CC/C=C(/CC)NCC1(c2ccccc2)CCNCC1. The molecule has 0 unspecified atom stereocenters. The van der Waals surface area contributed by atoms with Crippen molar-refractivity contribution in [3.8, 4) is 0 Å². The summed E-state index contributed by atoms with van der Waals surface area (Å²) in [4.78, 5) is 0. The summed E-state index contributed by atoms with van der Waals surface area (Å²) < 4.78 is 0. The summed E-state index contributed by atoms with van der Waals surface area (Å²) in [6, 6.07) is 11.0. The molecule has 2 nitrogen and oxygen atoms in total. The molecule has 2 heteroatoms. The van der Waals surface area contributed by atoms with Crippen molar-refractivity contribution in [3.05, 3.63) is 47.7 Å². The molecule has 0 aromatic heterocycles. The van der Waals surface area contributed by atoms with Crippen LogP contribution in [0.4, 0.5) is 0 Å². The van der Waals surface area contributed by atoms with Gasteiger partial charge in [0.15, 0.2) is 0 Å². The van der Waals surface area contributed by atoms with Crippen molar-refractivity contribution in [2.45, 2.75) is 58.8 Å². The van der Waals surface area contributed by atoms with Gasteiger partial charge in [-0.15, -0.1) is 0 Å². The lowest BCUT2D eigenvalue weighted by Gasteiger charge is -2.39. The highest BCUT2D eigenvalue weighted by molar-refractivity contribution is 5.27. The predicted octanol–water partition coefficient (Wildman–Crippen LogP) is 4.63. The van der Waals surface area contributed by atoms with E-state index in [0.717, 1.165) is 32.5 Å². The molecule has 1 aliphatic heterocycles. The Balaban J connectivity index is 0.00000116. The second kappa shape index (κ2) is 10.4. The van der Waals surface area contributed by atoms with Gasteiger partial charge in [0.05, 0.1) is 0 Å². The van der Waals surface area contributed by atoms with Crippen molar-refractivity contribution in [1.29, 1.82) is 0 Å². The lowest BCUT2D eigenvalue weighted by atomic mass is 9.73. The standard InChI is InChI=1S/C18H28N2.C2H6/c1-3-8-17(4-2)20-15-18(11-13-19-14-12-18)16-9-6-5-7-10-16;1-2/h5-10,19-20H,3-4,11-15H2,1-2H3;1-2H3/b17-8-;. The van der Waals surface area contributed by atoms with E-state index in [2.05, 4.69) is 60.9 Å². The molecule has 0 bridgehead atoms. The number of hydrogen-bond donors (Lipinski definition) is 2. The van der Waals surface area contributed by atoms with E-state index < -0.39 is 0 Å². The molecule has 1 aromatic carbocycles. The summed E-state index contributed by atoms with van der Waals surface area (Å²) in [5.74, 6) is 0. The zero-order valence-corrected chi connectivity index (χ0v) is 14.9. The predicted molar refractivity (Wildman–Crippen MR) is 98.2 cm³/mol. The molecule has 0 radical (unpaired) electrons. The van der Waals surface area contributed by atoms with Crippen molar-refractivity contribution >= 4 is 0 Å². The highest BCUT2D eigenvalue weighted by atomic mass is 14.9. The Morgan fingerprint density at radius 3 is 2.32 bits per heavy atom. The Labute approximate surface area is 137 Å². The average molecular weight is 303 g/mol. The first-order chi connectivity index (χ1) is 10.8. The van der Waals surface area contributed by atoms with Crippen LogP contribution in [0.1, 0.15) is 58.9 Å². The summed E-state index contributed by atoms with van der Waals surface area (Å²) in [6.07, 6.45) is 6.95. The highest BCUT2D eigenvalue weighted by Gasteiger charge is 2.33. The summed E-state index contributed by atoms with van der Waals surface area (Å²) >= 11 is 0. The molecular weight excluding hydrogens is 268 g/mol. The van der Waals surface area contributed by atoms with Crippen LogP contribution < -0.4 is 10.6 Å². The number of rotatable bonds is 6. The maximum atomic E-state index is 3.71. The third kappa shape index (κ3) is 5.17. The van der Waals surface area contributed by atoms with Gasteiger partial charge in [-0.1, -0.05) is 64.1 Å². The van der Waals surface area contributed by atoms with Crippen LogP contribution in [0.25, 0.3) is 0 Å². The van der Waals surface area contributed by atoms with Gasteiger partial charge in [-0.2, -0.15) is 0 Å². The van der Waals surface area contributed by atoms with Gasteiger partial charge in [0.1, 0.15) is 0 Å². The van der Waals surface area contributed by atoms with Crippen LogP contribution in [-0.2, 0) is 5.41 Å². The molecule has 22 heavy (non-hydrogen) atoms. The van der Waals surface area contributed by atoms with Gasteiger partial charge in [-0.05, 0) is 44.3 Å². The largest absolute Gasteiger partial charge is 0.388 e. The van der Waals surface area contributed by atoms with Gasteiger partial charge in [0.2, 0.25) is 0 Å². The number of piperidine rings is 1. The van der Waals surface area contributed by atoms with E-state index in [0.29, 0.717) is 0 Å². The number of benzene rings is 1. The number of nitrogens with one attached hydrogen (secondary N) is 2. The van der Waals surface area contributed by atoms with Crippen LogP contribution >= 0.6 is 0 Å². The van der Waals surface area contributed by atoms with E-state index in [-0.39, 0.29) is 5.41 Å². The molecule has 1 saturated heterocycles. The van der Waals surface area contributed by atoms with Crippen LogP contribution in [0.3, 0.4) is 0 Å². The Morgan fingerprint density at radius 1 is 1.14 bits per heavy atom. The fraction of sp³-hybridized carbons (Fsp3) is 0.600. The fourth-order valence-electron chi connectivity index (χ4n) is 3.14. The van der Waals surface area contributed by atoms with Crippen molar-refractivity contribution in [2.75, 3.05) is 19.6 Å². The first-order valence-corrected chi connectivity index (χ1v) is 9.00. The Kier molecular flexibility index (Phi) is 8.91.